The van der Waals surface area contributed by atoms with Gasteiger partial charge in [0.05, 0.1) is 13.7 Å². The van der Waals surface area contributed by atoms with Crippen molar-refractivity contribution in [1.29, 1.82) is 0 Å². The van der Waals surface area contributed by atoms with Gasteiger partial charge in [0.25, 0.3) is 0 Å². The largest absolute Gasteiger partial charge is 0.467 e. The highest BCUT2D eigenvalue weighted by Gasteiger charge is 2.18. The molecule has 1 aromatic carbocycles. The lowest BCUT2D eigenvalue weighted by Crippen LogP contribution is -2.49. The fourth-order valence-electron chi connectivity index (χ4n) is 1.36. The van der Waals surface area contributed by atoms with Crippen LogP contribution in [0.5, 0.6) is 0 Å². The lowest BCUT2D eigenvalue weighted by atomic mass is 10.2. The van der Waals surface area contributed by atoms with Gasteiger partial charge in [-0.25, -0.2) is 15.4 Å². The van der Waals surface area contributed by atoms with Crippen LogP contribution in [0.1, 0.15) is 12.5 Å². The van der Waals surface area contributed by atoms with Crippen LogP contribution in [0.15, 0.2) is 30.3 Å². The Hall–Kier alpha value is -2.08. The summed E-state index contributed by atoms with van der Waals surface area (Å²) >= 11 is 0. The fourth-order valence-corrected chi connectivity index (χ4v) is 1.36. The number of nitrogens with zero attached hydrogens (tertiary/aromatic N) is 1. The minimum absolute atomic E-state index is 0.264. The Balaban J connectivity index is 2.49. The zero-order valence-electron chi connectivity index (χ0n) is 10.4. The topological polar surface area (TPSA) is 84.7 Å². The third kappa shape index (κ3) is 4.06. The fraction of sp³-hybridized carbons (Fsp3) is 0.333. The van der Waals surface area contributed by atoms with E-state index in [2.05, 4.69) is 10.1 Å². The summed E-state index contributed by atoms with van der Waals surface area (Å²) in [7, 11) is 1.26. The first-order valence-corrected chi connectivity index (χ1v) is 5.49. The number of urea groups is 1. The molecule has 0 bridgehead atoms. The van der Waals surface area contributed by atoms with Crippen molar-refractivity contribution in [2.24, 2.45) is 5.84 Å². The Morgan fingerprint density at radius 1 is 1.39 bits per heavy atom. The molecule has 98 valence electrons. The lowest BCUT2D eigenvalue weighted by Gasteiger charge is -2.19. The van der Waals surface area contributed by atoms with E-state index in [4.69, 9.17) is 5.84 Å². The molecule has 18 heavy (non-hydrogen) atoms. The molecular formula is C12H17N3O3. The molecule has 3 N–H and O–H groups in total. The number of hydrazine groups is 1. The van der Waals surface area contributed by atoms with Crippen LogP contribution in [0.25, 0.3) is 0 Å². The van der Waals surface area contributed by atoms with Crippen molar-refractivity contribution < 1.29 is 14.3 Å². The Kier molecular flexibility index (Phi) is 5.13. The molecule has 0 saturated carbocycles. The first kappa shape index (κ1) is 14.0. The molecule has 0 aliphatic rings. The van der Waals surface area contributed by atoms with Gasteiger partial charge in [-0.1, -0.05) is 30.3 Å². The predicted molar refractivity (Wildman–Crippen MR) is 66.2 cm³/mol. The van der Waals surface area contributed by atoms with Gasteiger partial charge in [0.1, 0.15) is 6.04 Å². The van der Waals surface area contributed by atoms with Gasteiger partial charge in [0.2, 0.25) is 0 Å². The molecule has 0 heterocycles. The number of methoxy groups -OCH3 is 1. The maximum atomic E-state index is 11.7. The van der Waals surface area contributed by atoms with Crippen molar-refractivity contribution in [3.05, 3.63) is 35.9 Å². The number of nitrogens with one attached hydrogen (secondary N) is 1. The van der Waals surface area contributed by atoms with E-state index in [0.717, 1.165) is 10.6 Å². The number of amides is 2. The summed E-state index contributed by atoms with van der Waals surface area (Å²) in [6.07, 6.45) is 0. The van der Waals surface area contributed by atoms with Gasteiger partial charge in [-0.2, -0.15) is 0 Å². The number of carbonyl (C=O) groups excluding carboxylic acids is 2. The van der Waals surface area contributed by atoms with Gasteiger partial charge in [-0.3, -0.25) is 5.01 Å². The van der Waals surface area contributed by atoms with E-state index in [-0.39, 0.29) is 6.54 Å². The van der Waals surface area contributed by atoms with E-state index in [0.29, 0.717) is 0 Å². The van der Waals surface area contributed by atoms with Crippen LogP contribution in [-0.2, 0) is 16.1 Å². The average molecular weight is 251 g/mol. The summed E-state index contributed by atoms with van der Waals surface area (Å²) in [5.41, 5.74) is 0.904. The Bertz CT molecular complexity index is 408. The van der Waals surface area contributed by atoms with Crippen LogP contribution in [0.2, 0.25) is 0 Å². The molecule has 0 aliphatic heterocycles. The summed E-state index contributed by atoms with van der Waals surface area (Å²) in [6.45, 7) is 1.79. The van der Waals surface area contributed by atoms with Gasteiger partial charge in [0.15, 0.2) is 0 Å². The normalized spacial score (nSPS) is 11.5. The molecule has 0 unspecified atom stereocenters. The Morgan fingerprint density at radius 3 is 2.56 bits per heavy atom. The number of benzene rings is 1. The summed E-state index contributed by atoms with van der Waals surface area (Å²) in [4.78, 5) is 22.8. The maximum Gasteiger partial charge on any atom is 0.332 e. The van der Waals surface area contributed by atoms with E-state index >= 15 is 0 Å². The first-order valence-electron chi connectivity index (χ1n) is 5.49. The van der Waals surface area contributed by atoms with Crippen molar-refractivity contribution in [3.63, 3.8) is 0 Å². The van der Waals surface area contributed by atoms with Crippen molar-refractivity contribution >= 4 is 12.0 Å². The van der Waals surface area contributed by atoms with Crippen molar-refractivity contribution in [2.75, 3.05) is 7.11 Å². The van der Waals surface area contributed by atoms with Crippen LogP contribution in [-0.4, -0.2) is 30.2 Å². The Morgan fingerprint density at radius 2 is 2.00 bits per heavy atom. The summed E-state index contributed by atoms with van der Waals surface area (Å²) in [5, 5.41) is 3.45. The van der Waals surface area contributed by atoms with Gasteiger partial charge < -0.3 is 10.1 Å². The molecule has 0 saturated heterocycles. The maximum absolute atomic E-state index is 11.7. The van der Waals surface area contributed by atoms with E-state index < -0.39 is 18.0 Å². The molecule has 1 atom stereocenters. The monoisotopic (exact) mass is 251 g/mol. The van der Waals surface area contributed by atoms with E-state index in [1.165, 1.54) is 14.0 Å². The molecule has 0 fully saturated rings. The summed E-state index contributed by atoms with van der Waals surface area (Å²) < 4.78 is 4.50. The molecule has 0 aromatic heterocycles. The number of hydrogen-bond acceptors (Lipinski definition) is 4. The van der Waals surface area contributed by atoms with E-state index in [9.17, 15) is 9.59 Å². The average Bonchev–Trinajstić information content (AvgIpc) is 2.38. The van der Waals surface area contributed by atoms with Crippen molar-refractivity contribution in [3.8, 4) is 0 Å². The zero-order valence-corrected chi connectivity index (χ0v) is 10.4. The first-order chi connectivity index (χ1) is 8.54. The molecular weight excluding hydrogens is 234 g/mol. The number of esters is 1. The number of rotatable bonds is 4. The molecule has 0 spiro atoms. The number of ether oxygens (including phenoxy) is 1. The second-order valence-corrected chi connectivity index (χ2v) is 3.81. The molecule has 0 aliphatic carbocycles. The highest BCUT2D eigenvalue weighted by Crippen LogP contribution is 2.01. The number of hydrogen-bond donors (Lipinski definition) is 2. The molecule has 0 radical (unpaired) electrons. The van der Waals surface area contributed by atoms with Gasteiger partial charge in [-0.15, -0.1) is 0 Å². The minimum atomic E-state index is -0.732. The summed E-state index contributed by atoms with van der Waals surface area (Å²) in [6, 6.07) is 8.05. The molecule has 6 nitrogen and oxygen atoms in total. The van der Waals surface area contributed by atoms with E-state index in [1.54, 1.807) is 0 Å². The smallest absolute Gasteiger partial charge is 0.332 e. The predicted octanol–water partition coefficient (Wildman–Crippen LogP) is 0.633. The Labute approximate surface area is 106 Å². The highest BCUT2D eigenvalue weighted by atomic mass is 16.5. The standard InChI is InChI=1S/C12H17N3O3/c1-9(11(16)18-2)14-12(17)15(13)8-10-6-4-3-5-7-10/h3-7,9H,8,13H2,1-2H3,(H,14,17)/t9-/m0/s1. The van der Waals surface area contributed by atoms with Crippen LogP contribution in [0.3, 0.4) is 0 Å². The second kappa shape index (κ2) is 6.61. The quantitative estimate of drug-likeness (QED) is 0.356. The van der Waals surface area contributed by atoms with Crippen LogP contribution < -0.4 is 11.2 Å². The van der Waals surface area contributed by atoms with Crippen LogP contribution >= 0.6 is 0 Å². The van der Waals surface area contributed by atoms with Gasteiger partial charge in [-0.05, 0) is 12.5 Å². The van der Waals surface area contributed by atoms with Gasteiger partial charge in [0, 0.05) is 0 Å². The molecule has 1 aromatic rings. The van der Waals surface area contributed by atoms with Crippen molar-refractivity contribution in [1.82, 2.24) is 10.3 Å². The molecule has 1 rings (SSSR count). The third-order valence-corrected chi connectivity index (χ3v) is 2.35. The van der Waals surface area contributed by atoms with Crippen LogP contribution in [0.4, 0.5) is 4.79 Å². The third-order valence-electron chi connectivity index (χ3n) is 2.35. The molecule has 2 amide bonds. The van der Waals surface area contributed by atoms with Crippen LogP contribution in [0, 0.1) is 0 Å². The van der Waals surface area contributed by atoms with Gasteiger partial charge >= 0.3 is 12.0 Å². The number of carbonyl (C=O) groups is 2. The summed E-state index contributed by atoms with van der Waals surface area (Å²) in [5.74, 6) is 5.09. The van der Waals surface area contributed by atoms with Crippen molar-refractivity contribution in [2.45, 2.75) is 19.5 Å². The zero-order chi connectivity index (χ0) is 13.5. The molecule has 6 heteroatoms. The van der Waals surface area contributed by atoms with E-state index in [1.807, 2.05) is 30.3 Å². The SMILES string of the molecule is COC(=O)[C@H](C)NC(=O)N(N)Cc1ccccc1. The lowest BCUT2D eigenvalue weighted by molar-refractivity contribution is -0.142. The number of nitrogens with two attached hydrogens (primary N) is 1. The minimum Gasteiger partial charge on any atom is -0.467 e. The second-order valence-electron chi connectivity index (χ2n) is 3.81. The highest BCUT2D eigenvalue weighted by molar-refractivity contribution is 5.82.